The maximum atomic E-state index is 13.1. The number of halogens is 2. The first-order chi connectivity index (χ1) is 11.0. The van der Waals surface area contributed by atoms with Gasteiger partial charge in [0.05, 0.1) is 4.90 Å². The van der Waals surface area contributed by atoms with Gasteiger partial charge in [0.25, 0.3) is 0 Å². The number of hydrogen-bond acceptors (Lipinski definition) is 2. The molecule has 0 atom stereocenters. The third-order valence-corrected chi connectivity index (χ3v) is 4.88. The first-order valence-electron chi connectivity index (χ1n) is 6.88. The lowest BCUT2D eigenvalue weighted by molar-refractivity contribution is 0.506. The molecule has 23 heavy (non-hydrogen) atoms. The summed E-state index contributed by atoms with van der Waals surface area (Å²) in [5, 5.41) is 1.75. The summed E-state index contributed by atoms with van der Waals surface area (Å²) in [5.74, 6) is -1.97. The Morgan fingerprint density at radius 1 is 0.826 bits per heavy atom. The quantitative estimate of drug-likeness (QED) is 0.793. The maximum absolute atomic E-state index is 13.1. The zero-order valence-electron chi connectivity index (χ0n) is 12.0. The van der Waals surface area contributed by atoms with Crippen molar-refractivity contribution in [3.8, 4) is 0 Å². The molecule has 0 aliphatic heterocycles. The molecule has 0 amide bonds. The van der Waals surface area contributed by atoms with E-state index in [4.69, 9.17) is 0 Å². The first-order valence-corrected chi connectivity index (χ1v) is 8.36. The van der Waals surface area contributed by atoms with Crippen LogP contribution >= 0.6 is 0 Å². The predicted octanol–water partition coefficient (Wildman–Crippen LogP) is 3.60. The van der Waals surface area contributed by atoms with Gasteiger partial charge in [-0.15, -0.1) is 0 Å². The van der Waals surface area contributed by atoms with E-state index in [-0.39, 0.29) is 11.4 Å². The lowest BCUT2D eigenvalue weighted by Gasteiger charge is -2.08. The summed E-state index contributed by atoms with van der Waals surface area (Å²) in [4.78, 5) is 0.124. The highest BCUT2D eigenvalue weighted by molar-refractivity contribution is 7.89. The van der Waals surface area contributed by atoms with Gasteiger partial charge in [0.2, 0.25) is 10.0 Å². The Kier molecular flexibility index (Phi) is 4.11. The summed E-state index contributed by atoms with van der Waals surface area (Å²) in [5.41, 5.74) is 0.341. The van der Waals surface area contributed by atoms with E-state index in [1.54, 1.807) is 12.1 Å². The second kappa shape index (κ2) is 6.06. The predicted molar refractivity (Wildman–Crippen MR) is 84.3 cm³/mol. The van der Waals surface area contributed by atoms with Gasteiger partial charge in [-0.1, -0.05) is 36.4 Å². The Balaban J connectivity index is 1.83. The van der Waals surface area contributed by atoms with Crippen molar-refractivity contribution in [2.75, 3.05) is 0 Å². The van der Waals surface area contributed by atoms with Crippen LogP contribution < -0.4 is 4.72 Å². The summed E-state index contributed by atoms with van der Waals surface area (Å²) in [6, 6.07) is 15.5. The molecular formula is C17H13F2NO2S. The molecule has 0 aliphatic rings. The molecule has 0 bridgehead atoms. The van der Waals surface area contributed by atoms with Gasteiger partial charge in [0.15, 0.2) is 11.6 Å². The van der Waals surface area contributed by atoms with E-state index < -0.39 is 21.7 Å². The summed E-state index contributed by atoms with van der Waals surface area (Å²) in [6.45, 7) is -0.119. The average molecular weight is 333 g/mol. The molecule has 6 heteroatoms. The van der Waals surface area contributed by atoms with Gasteiger partial charge in [-0.25, -0.2) is 21.9 Å². The molecule has 118 valence electrons. The Morgan fingerprint density at radius 3 is 2.30 bits per heavy atom. The molecule has 3 nitrogen and oxygen atoms in total. The fourth-order valence-corrected chi connectivity index (χ4v) is 3.30. The van der Waals surface area contributed by atoms with Crippen molar-refractivity contribution in [2.45, 2.75) is 11.4 Å². The number of nitrogens with one attached hydrogen (secondary N) is 1. The van der Waals surface area contributed by atoms with Crippen molar-refractivity contribution in [3.63, 3.8) is 0 Å². The Bertz CT molecular complexity index is 971. The van der Waals surface area contributed by atoms with E-state index in [2.05, 4.69) is 4.72 Å². The van der Waals surface area contributed by atoms with Crippen molar-refractivity contribution in [3.05, 3.63) is 77.9 Å². The molecule has 0 saturated heterocycles. The van der Waals surface area contributed by atoms with Crippen LogP contribution in [0, 0.1) is 11.6 Å². The molecule has 3 rings (SSSR count). The van der Waals surface area contributed by atoms with Crippen molar-refractivity contribution in [2.24, 2.45) is 0 Å². The Labute approximate surface area is 132 Å². The molecule has 0 heterocycles. The third kappa shape index (κ3) is 3.38. The minimum atomic E-state index is -3.74. The number of hydrogen-bond donors (Lipinski definition) is 1. The van der Waals surface area contributed by atoms with E-state index in [0.29, 0.717) is 5.56 Å². The maximum Gasteiger partial charge on any atom is 0.240 e. The lowest BCUT2D eigenvalue weighted by Crippen LogP contribution is -2.23. The molecule has 3 aromatic rings. The van der Waals surface area contributed by atoms with Gasteiger partial charge in [-0.2, -0.15) is 0 Å². The molecule has 1 N–H and O–H groups in total. The first kappa shape index (κ1) is 15.6. The van der Waals surface area contributed by atoms with E-state index in [1.807, 2.05) is 24.3 Å². The van der Waals surface area contributed by atoms with Gasteiger partial charge in [-0.05, 0) is 40.6 Å². The van der Waals surface area contributed by atoms with Crippen molar-refractivity contribution in [1.29, 1.82) is 0 Å². The second-order valence-electron chi connectivity index (χ2n) is 5.08. The van der Waals surface area contributed by atoms with Crippen molar-refractivity contribution in [1.82, 2.24) is 4.72 Å². The highest BCUT2D eigenvalue weighted by atomic mass is 32.2. The van der Waals surface area contributed by atoms with Gasteiger partial charge >= 0.3 is 0 Å². The monoisotopic (exact) mass is 333 g/mol. The van der Waals surface area contributed by atoms with E-state index in [9.17, 15) is 17.2 Å². The molecule has 3 aromatic carbocycles. The summed E-state index contributed by atoms with van der Waals surface area (Å²) < 4.78 is 53.0. The SMILES string of the molecule is O=S(=O)(NCc1ccc(F)c(F)c1)c1ccc2ccccc2c1. The zero-order valence-corrected chi connectivity index (χ0v) is 12.8. The third-order valence-electron chi connectivity index (χ3n) is 3.48. The molecule has 0 unspecified atom stereocenters. The Hall–Kier alpha value is -2.31. The number of fused-ring (bicyclic) bond motifs is 1. The van der Waals surface area contributed by atoms with Crippen LogP contribution in [0.15, 0.2) is 65.6 Å². The smallest absolute Gasteiger partial charge is 0.207 e. The van der Waals surface area contributed by atoms with Crippen molar-refractivity contribution >= 4 is 20.8 Å². The molecule has 0 fully saturated rings. The molecule has 0 aromatic heterocycles. The number of benzene rings is 3. The van der Waals surface area contributed by atoms with Crippen LogP contribution in [0.2, 0.25) is 0 Å². The number of rotatable bonds is 4. The van der Waals surface area contributed by atoms with Gasteiger partial charge in [-0.3, -0.25) is 0 Å². The second-order valence-corrected chi connectivity index (χ2v) is 6.85. The van der Waals surface area contributed by atoms with E-state index in [0.717, 1.165) is 22.9 Å². The largest absolute Gasteiger partial charge is 0.240 e. The summed E-state index contributed by atoms with van der Waals surface area (Å²) >= 11 is 0. The van der Waals surface area contributed by atoms with Gasteiger partial charge in [0, 0.05) is 6.54 Å². The van der Waals surface area contributed by atoms with Crippen LogP contribution in [0.3, 0.4) is 0 Å². The summed E-state index contributed by atoms with van der Waals surface area (Å²) in [7, 11) is -3.74. The van der Waals surface area contributed by atoms with Gasteiger partial charge in [0.1, 0.15) is 0 Å². The van der Waals surface area contributed by atoms with Crippen molar-refractivity contribution < 1.29 is 17.2 Å². The van der Waals surface area contributed by atoms with Crippen LogP contribution in [0.25, 0.3) is 10.8 Å². The van der Waals surface area contributed by atoms with Crippen LogP contribution in [0.5, 0.6) is 0 Å². The standard InChI is InChI=1S/C17H13F2NO2S/c18-16-8-5-12(9-17(16)19)11-20-23(21,22)15-7-6-13-3-1-2-4-14(13)10-15/h1-10,20H,11H2. The van der Waals surface area contributed by atoms with Crippen LogP contribution in [-0.2, 0) is 16.6 Å². The Morgan fingerprint density at radius 2 is 1.57 bits per heavy atom. The van der Waals surface area contributed by atoms with E-state index >= 15 is 0 Å². The number of sulfonamides is 1. The molecule has 0 aliphatic carbocycles. The molecular weight excluding hydrogens is 320 g/mol. The highest BCUT2D eigenvalue weighted by Crippen LogP contribution is 2.19. The van der Waals surface area contributed by atoms with Gasteiger partial charge < -0.3 is 0 Å². The lowest BCUT2D eigenvalue weighted by atomic mass is 10.1. The van der Waals surface area contributed by atoms with E-state index in [1.165, 1.54) is 12.1 Å². The molecule has 0 radical (unpaired) electrons. The zero-order chi connectivity index (χ0) is 16.4. The fraction of sp³-hybridized carbons (Fsp3) is 0.0588. The molecule has 0 saturated carbocycles. The van der Waals surface area contributed by atoms with Crippen LogP contribution in [0.4, 0.5) is 8.78 Å². The minimum absolute atomic E-state index is 0.119. The summed E-state index contributed by atoms with van der Waals surface area (Å²) in [6.07, 6.45) is 0. The van der Waals surface area contributed by atoms with Crippen LogP contribution in [-0.4, -0.2) is 8.42 Å². The average Bonchev–Trinajstić information content (AvgIpc) is 2.55. The highest BCUT2D eigenvalue weighted by Gasteiger charge is 2.14. The molecule has 0 spiro atoms. The fourth-order valence-electron chi connectivity index (χ4n) is 2.25. The minimum Gasteiger partial charge on any atom is -0.207 e. The van der Waals surface area contributed by atoms with Crippen LogP contribution in [0.1, 0.15) is 5.56 Å². The topological polar surface area (TPSA) is 46.2 Å². The normalized spacial score (nSPS) is 11.7.